The number of halogens is 1. The number of nitrogens with zero attached hydrogens (tertiary/aromatic N) is 2. The zero-order valence-corrected chi connectivity index (χ0v) is 17.2. The van der Waals surface area contributed by atoms with Crippen LogP contribution < -0.4 is 10.6 Å². The molecule has 1 aliphatic carbocycles. The van der Waals surface area contributed by atoms with E-state index in [1.165, 1.54) is 24.3 Å². The number of hydrogen-bond donors (Lipinski definition) is 3. The molecule has 1 atom stereocenters. The fourth-order valence-electron chi connectivity index (χ4n) is 3.93. The molecule has 1 aromatic heterocycles. The van der Waals surface area contributed by atoms with Gasteiger partial charge in [0.15, 0.2) is 5.54 Å². The molecule has 1 aromatic rings. The third-order valence-electron chi connectivity index (χ3n) is 5.56. The number of urea groups is 1. The first kappa shape index (κ1) is 21.3. The van der Waals surface area contributed by atoms with Crippen molar-refractivity contribution in [3.05, 3.63) is 70.7 Å². The molecule has 4 rings (SSSR count). The molecule has 32 heavy (non-hydrogen) atoms. The Bertz CT molecular complexity index is 1120. The van der Waals surface area contributed by atoms with Gasteiger partial charge >= 0.3 is 6.03 Å². The Morgan fingerprint density at radius 2 is 2.22 bits per heavy atom. The number of pyridine rings is 1. The van der Waals surface area contributed by atoms with Gasteiger partial charge in [-0.3, -0.25) is 14.9 Å². The Balaban J connectivity index is 1.66. The van der Waals surface area contributed by atoms with Gasteiger partial charge in [-0.15, -0.1) is 0 Å². The average Bonchev–Trinajstić information content (AvgIpc) is 3.17. The number of nitrogens with one attached hydrogen (secondary N) is 2. The normalized spacial score (nSPS) is 26.1. The molecule has 0 aromatic carbocycles. The minimum Gasteiger partial charge on any atom is -0.509 e. The lowest BCUT2D eigenvalue weighted by atomic mass is 9.94. The van der Waals surface area contributed by atoms with E-state index in [-0.39, 0.29) is 24.6 Å². The number of rotatable bonds is 5. The summed E-state index contributed by atoms with van der Waals surface area (Å²) in [4.78, 5) is 42.7. The summed E-state index contributed by atoms with van der Waals surface area (Å²) in [5, 5.41) is 15.4. The van der Waals surface area contributed by atoms with Gasteiger partial charge in [-0.1, -0.05) is 6.08 Å². The van der Waals surface area contributed by atoms with Crippen molar-refractivity contribution in [3.63, 3.8) is 0 Å². The summed E-state index contributed by atoms with van der Waals surface area (Å²) in [6, 6.07) is 1.69. The van der Waals surface area contributed by atoms with Crippen molar-refractivity contribution in [1.29, 1.82) is 0 Å². The van der Waals surface area contributed by atoms with Gasteiger partial charge in [-0.25, -0.2) is 9.78 Å². The van der Waals surface area contributed by atoms with Crippen LogP contribution in [0.3, 0.4) is 0 Å². The van der Waals surface area contributed by atoms with E-state index < -0.39 is 29.2 Å². The summed E-state index contributed by atoms with van der Waals surface area (Å²) in [7, 11) is 1.51. The second-order valence-corrected chi connectivity index (χ2v) is 7.63. The van der Waals surface area contributed by atoms with Gasteiger partial charge in [0, 0.05) is 24.4 Å². The van der Waals surface area contributed by atoms with Gasteiger partial charge in [0.2, 0.25) is 5.95 Å². The molecule has 2 aliphatic heterocycles. The van der Waals surface area contributed by atoms with Crippen molar-refractivity contribution in [1.82, 2.24) is 20.5 Å². The summed E-state index contributed by atoms with van der Waals surface area (Å²) in [5.74, 6) is -1.94. The number of allylic oxidation sites excluding steroid dienone is 2. The monoisotopic (exact) mass is 440 g/mol. The highest BCUT2D eigenvalue weighted by atomic mass is 19.1. The van der Waals surface area contributed by atoms with E-state index >= 15 is 0 Å². The fraction of sp³-hybridized carbons (Fsp3) is 0.273. The molecule has 0 spiro atoms. The SMILES string of the molecule is COC1=C/C2=C(CC/C=C\1)CN(C[C@@]1(/C(O)=C/c3ccnc(F)c3)NC(=O)NC1=O)C2=O. The largest absolute Gasteiger partial charge is 0.509 e. The summed E-state index contributed by atoms with van der Waals surface area (Å²) >= 11 is 0. The smallest absolute Gasteiger partial charge is 0.322 e. The molecular weight excluding hydrogens is 419 g/mol. The van der Waals surface area contributed by atoms with Gasteiger partial charge in [-0.2, -0.15) is 4.39 Å². The Kier molecular flexibility index (Phi) is 5.52. The third kappa shape index (κ3) is 3.86. The second-order valence-electron chi connectivity index (χ2n) is 7.63. The maximum atomic E-state index is 13.5. The summed E-state index contributed by atoms with van der Waals surface area (Å²) in [6.07, 6.45) is 9.09. The lowest BCUT2D eigenvalue weighted by Gasteiger charge is -2.30. The van der Waals surface area contributed by atoms with E-state index in [4.69, 9.17) is 4.74 Å². The van der Waals surface area contributed by atoms with Gasteiger partial charge < -0.3 is 20.1 Å². The zero-order valence-electron chi connectivity index (χ0n) is 17.2. The molecule has 0 unspecified atom stereocenters. The molecule has 0 bridgehead atoms. The van der Waals surface area contributed by atoms with Crippen LogP contribution in [0, 0.1) is 5.95 Å². The topological polar surface area (TPSA) is 121 Å². The Morgan fingerprint density at radius 1 is 1.41 bits per heavy atom. The van der Waals surface area contributed by atoms with Crippen molar-refractivity contribution in [2.75, 3.05) is 20.2 Å². The lowest BCUT2D eigenvalue weighted by Crippen LogP contribution is -2.57. The molecule has 9 nitrogen and oxygen atoms in total. The predicted molar refractivity (Wildman–Crippen MR) is 111 cm³/mol. The molecule has 4 amide bonds. The van der Waals surface area contributed by atoms with Crippen LogP contribution in [0.4, 0.5) is 9.18 Å². The van der Waals surface area contributed by atoms with Crippen molar-refractivity contribution in [3.8, 4) is 0 Å². The van der Waals surface area contributed by atoms with Crippen LogP contribution in [-0.2, 0) is 14.3 Å². The lowest BCUT2D eigenvalue weighted by molar-refractivity contribution is -0.129. The molecule has 0 saturated carbocycles. The van der Waals surface area contributed by atoms with Crippen molar-refractivity contribution in [2.45, 2.75) is 18.4 Å². The third-order valence-corrected chi connectivity index (χ3v) is 5.56. The first-order valence-corrected chi connectivity index (χ1v) is 9.92. The van der Waals surface area contributed by atoms with Crippen LogP contribution in [0.25, 0.3) is 6.08 Å². The van der Waals surface area contributed by atoms with Crippen molar-refractivity contribution < 1.29 is 28.6 Å². The number of aliphatic hydroxyl groups excluding tert-OH is 1. The van der Waals surface area contributed by atoms with Crippen LogP contribution in [0.2, 0.25) is 0 Å². The highest BCUT2D eigenvalue weighted by Crippen LogP contribution is 2.31. The van der Waals surface area contributed by atoms with Crippen LogP contribution in [0.5, 0.6) is 0 Å². The first-order valence-electron chi connectivity index (χ1n) is 9.92. The Morgan fingerprint density at radius 3 is 2.91 bits per heavy atom. The van der Waals surface area contributed by atoms with E-state index in [0.717, 1.165) is 17.7 Å². The van der Waals surface area contributed by atoms with E-state index in [1.54, 1.807) is 12.2 Å². The van der Waals surface area contributed by atoms with Gasteiger partial charge in [-0.05, 0) is 48.3 Å². The molecule has 3 N–H and O–H groups in total. The average molecular weight is 440 g/mol. The molecule has 10 heteroatoms. The fourth-order valence-corrected chi connectivity index (χ4v) is 3.93. The number of hydrogen-bond acceptors (Lipinski definition) is 6. The van der Waals surface area contributed by atoms with E-state index in [9.17, 15) is 23.9 Å². The maximum Gasteiger partial charge on any atom is 0.322 e. The maximum absolute atomic E-state index is 13.5. The van der Waals surface area contributed by atoms with Crippen LogP contribution in [-0.4, -0.2) is 58.6 Å². The standard InChI is InChI=1S/C22H21FN4O5/c1-32-15-5-3-2-4-14-11-27(19(29)16(14)10-15)12-22(20(30)25-21(31)26-22)17(28)8-13-6-7-24-18(23)9-13/h3,5-10,28H,2,4,11-12H2,1H3,(H2,25,26,30,31)/b5-3-,15-10+,17-8-/t22-/m0/s1. The van der Waals surface area contributed by atoms with Gasteiger partial charge in [0.1, 0.15) is 11.5 Å². The van der Waals surface area contributed by atoms with E-state index in [0.29, 0.717) is 24.2 Å². The van der Waals surface area contributed by atoms with Crippen molar-refractivity contribution >= 4 is 23.9 Å². The number of imide groups is 1. The zero-order chi connectivity index (χ0) is 22.9. The minimum atomic E-state index is -1.92. The summed E-state index contributed by atoms with van der Waals surface area (Å²) in [6.45, 7) is -0.0759. The molecule has 1 saturated heterocycles. The number of carbonyl (C=O) groups is 3. The molecule has 0 radical (unpaired) electrons. The molecule has 1 fully saturated rings. The number of amides is 4. The predicted octanol–water partition coefficient (Wildman–Crippen LogP) is 1.72. The molecule has 166 valence electrons. The van der Waals surface area contributed by atoms with E-state index in [1.807, 2.05) is 6.08 Å². The second kappa shape index (κ2) is 8.29. The van der Waals surface area contributed by atoms with E-state index in [2.05, 4.69) is 15.6 Å². The minimum absolute atomic E-state index is 0.234. The van der Waals surface area contributed by atoms with Crippen LogP contribution >= 0.6 is 0 Å². The quantitative estimate of drug-likeness (QED) is 0.364. The first-order chi connectivity index (χ1) is 15.3. The van der Waals surface area contributed by atoms with Crippen LogP contribution in [0.1, 0.15) is 18.4 Å². The number of carbonyl (C=O) groups excluding carboxylic acids is 3. The highest BCUT2D eigenvalue weighted by Gasteiger charge is 2.52. The van der Waals surface area contributed by atoms with Crippen LogP contribution in [0.15, 0.2) is 59.2 Å². The summed E-state index contributed by atoms with van der Waals surface area (Å²) < 4.78 is 18.7. The molecular formula is C22H21FN4O5. The summed E-state index contributed by atoms with van der Waals surface area (Å²) in [5.41, 5.74) is -0.348. The highest BCUT2D eigenvalue weighted by molar-refractivity contribution is 6.10. The van der Waals surface area contributed by atoms with Crippen molar-refractivity contribution in [2.24, 2.45) is 0 Å². The Hall–Kier alpha value is -3.95. The number of aromatic nitrogens is 1. The van der Waals surface area contributed by atoms with Gasteiger partial charge in [0.25, 0.3) is 11.8 Å². The Labute approximate surface area is 182 Å². The number of ether oxygens (including phenoxy) is 1. The van der Waals surface area contributed by atoms with Gasteiger partial charge in [0.05, 0.1) is 13.7 Å². The molecule has 3 aliphatic rings. The number of methoxy groups -OCH3 is 1. The molecule has 3 heterocycles. The number of aliphatic hydroxyl groups is 1.